The molecule has 0 amide bonds. The van der Waals surface area contributed by atoms with Crippen molar-refractivity contribution < 1.29 is 30.0 Å². The quantitative estimate of drug-likeness (QED) is 0.391. The number of ether oxygens (including phenoxy) is 2. The number of anilines is 1. The van der Waals surface area contributed by atoms with Gasteiger partial charge in [0.15, 0.2) is 12.0 Å². The number of hydrogen-bond acceptors (Lipinski definition) is 9. The molecular weight excluding hydrogens is 382 g/mol. The van der Waals surface area contributed by atoms with Gasteiger partial charge in [-0.3, -0.25) is 15.3 Å². The first-order chi connectivity index (χ1) is 14.0. The van der Waals surface area contributed by atoms with Gasteiger partial charge in [-0.15, -0.1) is 0 Å². The van der Waals surface area contributed by atoms with Crippen molar-refractivity contribution in [3.8, 4) is 0 Å². The van der Waals surface area contributed by atoms with Crippen LogP contribution in [0, 0.1) is 0 Å². The van der Waals surface area contributed by atoms with Crippen LogP contribution in [0.3, 0.4) is 0 Å². The van der Waals surface area contributed by atoms with E-state index in [1.807, 2.05) is 42.7 Å². The fourth-order valence-corrected chi connectivity index (χ4v) is 3.31. The molecule has 1 aromatic carbocycles. The van der Waals surface area contributed by atoms with E-state index in [4.69, 9.17) is 9.47 Å². The largest absolute Gasteiger partial charge is 0.394 e. The van der Waals surface area contributed by atoms with Crippen LogP contribution in [-0.4, -0.2) is 55.0 Å². The smallest absolute Gasteiger partial charge is 0.351 e. The van der Waals surface area contributed by atoms with Crippen molar-refractivity contribution >= 4 is 5.82 Å². The molecule has 1 aliphatic rings. The molecule has 1 saturated heterocycles. The lowest BCUT2D eigenvalue weighted by atomic mass is 10.1. The predicted octanol–water partition coefficient (Wildman–Crippen LogP) is 0.324. The zero-order valence-corrected chi connectivity index (χ0v) is 15.9. The second-order valence-corrected chi connectivity index (χ2v) is 6.76. The molecule has 0 saturated carbocycles. The third kappa shape index (κ3) is 4.47. The summed E-state index contributed by atoms with van der Waals surface area (Å²) >= 11 is 0. The maximum Gasteiger partial charge on any atom is 0.351 e. The average molecular weight is 407 g/mol. The Bertz CT molecular complexity index is 861. The van der Waals surface area contributed by atoms with Crippen LogP contribution in [0.15, 0.2) is 41.3 Å². The van der Waals surface area contributed by atoms with Crippen molar-refractivity contribution in [1.29, 1.82) is 0 Å². The minimum absolute atomic E-state index is 0.0123. The molecular formula is C19H25N3O7. The molecule has 0 aliphatic carbocycles. The average Bonchev–Trinajstić information content (AvgIpc) is 3.03. The van der Waals surface area contributed by atoms with E-state index < -0.39 is 36.8 Å². The predicted molar refractivity (Wildman–Crippen MR) is 101 cm³/mol. The molecule has 1 unspecified atom stereocenters. The molecule has 29 heavy (non-hydrogen) atoms. The lowest BCUT2D eigenvalue weighted by Crippen LogP contribution is -2.36. The van der Waals surface area contributed by atoms with Gasteiger partial charge in [0.05, 0.1) is 19.3 Å². The van der Waals surface area contributed by atoms with Crippen molar-refractivity contribution in [2.45, 2.75) is 50.6 Å². The summed E-state index contributed by atoms with van der Waals surface area (Å²) < 4.78 is 12.4. The third-order valence-corrected chi connectivity index (χ3v) is 4.91. The van der Waals surface area contributed by atoms with Crippen molar-refractivity contribution in [2.24, 2.45) is 0 Å². The molecule has 1 aliphatic heterocycles. The first kappa shape index (κ1) is 21.4. The van der Waals surface area contributed by atoms with Gasteiger partial charge in [0.2, 0.25) is 0 Å². The lowest BCUT2D eigenvalue weighted by molar-refractivity contribution is -0.0553. The summed E-state index contributed by atoms with van der Waals surface area (Å²) in [6.45, 7) is 1.47. The van der Waals surface area contributed by atoms with Crippen LogP contribution in [-0.2, 0) is 16.1 Å². The van der Waals surface area contributed by atoms with E-state index in [1.54, 1.807) is 0 Å². The highest BCUT2D eigenvalue weighted by atomic mass is 16.6. The summed E-state index contributed by atoms with van der Waals surface area (Å²) in [5.74, 6) is -0.0825. The summed E-state index contributed by atoms with van der Waals surface area (Å²) in [6, 6.07) is 9.61. The molecule has 5 N–H and O–H groups in total. The lowest BCUT2D eigenvalue weighted by Gasteiger charge is -2.21. The zero-order chi connectivity index (χ0) is 21.0. The van der Waals surface area contributed by atoms with Crippen molar-refractivity contribution in [1.82, 2.24) is 9.55 Å². The highest BCUT2D eigenvalue weighted by Crippen LogP contribution is 2.29. The van der Waals surface area contributed by atoms with E-state index >= 15 is 0 Å². The monoisotopic (exact) mass is 407 g/mol. The number of nitrogens with zero attached hydrogens (tertiary/aromatic N) is 2. The number of rotatable bonds is 8. The van der Waals surface area contributed by atoms with Gasteiger partial charge >= 0.3 is 5.69 Å². The minimum Gasteiger partial charge on any atom is -0.394 e. The number of nitrogens with one attached hydrogen (secondary N) is 1. The van der Waals surface area contributed by atoms with Crippen molar-refractivity contribution in [3.63, 3.8) is 0 Å². The van der Waals surface area contributed by atoms with E-state index in [-0.39, 0.29) is 18.5 Å². The number of aliphatic hydroxyl groups excluding tert-OH is 3. The highest BCUT2D eigenvalue weighted by Gasteiger charge is 2.44. The standard InChI is InChI=1S/C19H25N3O7/c1-2-13(11-6-4-3-5-7-11)28-10-12-8-22(19(26)20-17(12)21-27)18-16(25)15(24)14(9-23)29-18/h3-8,13-16,18,23-25,27H,2,9-10H2,1H3,(H,20,21,26)/t13?,14-,15-,16-,18-/m1/s1. The Kier molecular flexibility index (Phi) is 6.96. The Labute approximate surface area is 166 Å². The van der Waals surface area contributed by atoms with Crippen molar-refractivity contribution in [3.05, 3.63) is 58.1 Å². The van der Waals surface area contributed by atoms with Gasteiger partial charge in [-0.1, -0.05) is 37.3 Å². The van der Waals surface area contributed by atoms with E-state index in [2.05, 4.69) is 4.98 Å². The van der Waals surface area contributed by atoms with Crippen LogP contribution in [0.5, 0.6) is 0 Å². The second-order valence-electron chi connectivity index (χ2n) is 6.76. The van der Waals surface area contributed by atoms with Gasteiger partial charge < -0.3 is 24.8 Å². The minimum atomic E-state index is -1.43. The molecule has 2 aromatic rings. The van der Waals surface area contributed by atoms with Gasteiger partial charge in [-0.25, -0.2) is 4.79 Å². The summed E-state index contributed by atoms with van der Waals surface area (Å²) in [7, 11) is 0. The first-order valence-corrected chi connectivity index (χ1v) is 9.31. The van der Waals surface area contributed by atoms with Crippen LogP contribution in [0.1, 0.15) is 36.8 Å². The van der Waals surface area contributed by atoms with Crippen LogP contribution < -0.4 is 11.2 Å². The van der Waals surface area contributed by atoms with Crippen LogP contribution in [0.25, 0.3) is 0 Å². The van der Waals surface area contributed by atoms with Gasteiger partial charge in [-0.05, 0) is 12.0 Å². The molecule has 0 bridgehead atoms. The molecule has 3 rings (SSSR count). The number of hydrogen-bond donors (Lipinski definition) is 5. The van der Waals surface area contributed by atoms with Gasteiger partial charge in [0.25, 0.3) is 0 Å². The number of aromatic nitrogens is 2. The fourth-order valence-electron chi connectivity index (χ4n) is 3.31. The summed E-state index contributed by atoms with van der Waals surface area (Å²) in [5, 5.41) is 38.7. The molecule has 10 heteroatoms. The maximum atomic E-state index is 12.3. The first-order valence-electron chi connectivity index (χ1n) is 9.31. The fraction of sp³-hybridized carbons (Fsp3) is 0.474. The molecule has 158 valence electrons. The summed E-state index contributed by atoms with van der Waals surface area (Å²) in [6.07, 6.45) is -3.21. The maximum absolute atomic E-state index is 12.3. The molecule has 0 spiro atoms. The van der Waals surface area contributed by atoms with Crippen LogP contribution >= 0.6 is 0 Å². The third-order valence-electron chi connectivity index (χ3n) is 4.91. The van der Waals surface area contributed by atoms with Gasteiger partial charge in [0.1, 0.15) is 18.3 Å². The summed E-state index contributed by atoms with van der Waals surface area (Å²) in [4.78, 5) is 16.1. The Morgan fingerprint density at radius 3 is 2.59 bits per heavy atom. The Morgan fingerprint density at radius 1 is 1.28 bits per heavy atom. The second kappa shape index (κ2) is 9.44. The zero-order valence-electron chi connectivity index (χ0n) is 15.9. The highest BCUT2D eigenvalue weighted by molar-refractivity contribution is 5.39. The van der Waals surface area contributed by atoms with Crippen LogP contribution in [0.4, 0.5) is 5.82 Å². The van der Waals surface area contributed by atoms with Gasteiger partial charge in [-0.2, -0.15) is 4.98 Å². The Hall–Kier alpha value is -2.34. The normalized spacial score (nSPS) is 25.1. The Morgan fingerprint density at radius 2 is 2.00 bits per heavy atom. The molecule has 1 aromatic heterocycles. The van der Waals surface area contributed by atoms with E-state index in [0.29, 0.717) is 12.0 Å². The SMILES string of the molecule is CCC(OCc1cn([C@@H]2O[C@H](CO)[C@@H](O)[C@H]2O)c(=O)nc1NO)c1ccccc1. The number of aliphatic hydroxyl groups is 3. The van der Waals surface area contributed by atoms with E-state index in [9.17, 15) is 25.3 Å². The Balaban J connectivity index is 1.85. The molecule has 5 atom stereocenters. The summed E-state index contributed by atoms with van der Waals surface area (Å²) in [5.41, 5.74) is 2.40. The molecule has 10 nitrogen and oxygen atoms in total. The van der Waals surface area contributed by atoms with Crippen LogP contribution in [0.2, 0.25) is 0 Å². The number of benzene rings is 1. The topological polar surface area (TPSA) is 146 Å². The van der Waals surface area contributed by atoms with E-state index in [1.165, 1.54) is 6.20 Å². The molecule has 2 heterocycles. The van der Waals surface area contributed by atoms with Crippen molar-refractivity contribution in [2.75, 3.05) is 12.1 Å². The van der Waals surface area contributed by atoms with Gasteiger partial charge in [0, 0.05) is 11.8 Å². The molecule has 0 radical (unpaired) electrons. The molecule has 1 fully saturated rings. The van der Waals surface area contributed by atoms with E-state index in [0.717, 1.165) is 10.1 Å².